The molecule has 2 aliphatic rings. The van der Waals surface area contributed by atoms with Crippen LogP contribution in [0.2, 0.25) is 0 Å². The van der Waals surface area contributed by atoms with Crippen LogP contribution in [-0.2, 0) is 0 Å². The van der Waals surface area contributed by atoms with E-state index in [0.717, 1.165) is 28.8 Å². The summed E-state index contributed by atoms with van der Waals surface area (Å²) >= 11 is 0. The SMILES string of the molecule is Nc1ccc(NC2CCC(CCCC3CCCCCC3)CC2)cc1C=[NH2+]. The van der Waals surface area contributed by atoms with Crippen LogP contribution in [0.15, 0.2) is 18.2 Å². The first-order valence-electron chi connectivity index (χ1n) is 11.0. The van der Waals surface area contributed by atoms with Gasteiger partial charge in [-0.2, -0.15) is 0 Å². The molecular formula is C23H38N3+. The fourth-order valence-electron chi connectivity index (χ4n) is 4.99. The van der Waals surface area contributed by atoms with Crippen LogP contribution in [0, 0.1) is 11.8 Å². The van der Waals surface area contributed by atoms with Crippen molar-refractivity contribution in [3.05, 3.63) is 23.8 Å². The predicted molar refractivity (Wildman–Crippen MR) is 112 cm³/mol. The largest absolute Gasteiger partial charge is 0.398 e. The van der Waals surface area contributed by atoms with E-state index in [2.05, 4.69) is 17.4 Å². The van der Waals surface area contributed by atoms with E-state index >= 15 is 0 Å². The molecule has 3 nitrogen and oxygen atoms in total. The molecule has 26 heavy (non-hydrogen) atoms. The lowest BCUT2D eigenvalue weighted by molar-refractivity contribution is -0.104. The van der Waals surface area contributed by atoms with Crippen LogP contribution >= 0.6 is 0 Å². The Morgan fingerprint density at radius 1 is 0.923 bits per heavy atom. The molecule has 0 radical (unpaired) electrons. The third kappa shape index (κ3) is 5.75. The monoisotopic (exact) mass is 356 g/mol. The van der Waals surface area contributed by atoms with Crippen LogP contribution in [0.25, 0.3) is 0 Å². The number of rotatable bonds is 7. The predicted octanol–water partition coefficient (Wildman–Crippen LogP) is 4.56. The summed E-state index contributed by atoms with van der Waals surface area (Å²) in [6.07, 6.45) is 20.3. The van der Waals surface area contributed by atoms with E-state index < -0.39 is 0 Å². The smallest absolute Gasteiger partial charge is 0.169 e. The van der Waals surface area contributed by atoms with Gasteiger partial charge in [0.2, 0.25) is 0 Å². The van der Waals surface area contributed by atoms with E-state index in [1.807, 2.05) is 6.07 Å². The Labute approximate surface area is 159 Å². The fourth-order valence-corrected chi connectivity index (χ4v) is 4.99. The summed E-state index contributed by atoms with van der Waals surface area (Å²) in [5.74, 6) is 1.99. The summed E-state index contributed by atoms with van der Waals surface area (Å²) in [5.41, 5.74) is 8.73. The molecule has 2 aliphatic carbocycles. The second-order valence-corrected chi connectivity index (χ2v) is 8.66. The van der Waals surface area contributed by atoms with Crippen molar-refractivity contribution in [3.8, 4) is 0 Å². The molecule has 0 aromatic heterocycles. The van der Waals surface area contributed by atoms with Crippen LogP contribution in [0.4, 0.5) is 11.4 Å². The molecule has 0 saturated heterocycles. The molecule has 1 aromatic carbocycles. The fraction of sp³-hybridized carbons (Fsp3) is 0.696. The van der Waals surface area contributed by atoms with Gasteiger partial charge in [-0.1, -0.05) is 57.8 Å². The highest BCUT2D eigenvalue weighted by molar-refractivity contribution is 5.85. The van der Waals surface area contributed by atoms with E-state index in [4.69, 9.17) is 11.1 Å². The molecule has 0 spiro atoms. The quantitative estimate of drug-likeness (QED) is 0.381. The highest BCUT2D eigenvalue weighted by Crippen LogP contribution is 2.32. The molecular weight excluding hydrogens is 318 g/mol. The van der Waals surface area contributed by atoms with Gasteiger partial charge in [-0.25, -0.2) is 0 Å². The molecule has 144 valence electrons. The van der Waals surface area contributed by atoms with Crippen molar-refractivity contribution in [2.45, 2.75) is 89.5 Å². The zero-order valence-electron chi connectivity index (χ0n) is 16.4. The second kappa shape index (κ2) is 9.99. The third-order valence-corrected chi connectivity index (χ3v) is 6.68. The summed E-state index contributed by atoms with van der Waals surface area (Å²) in [7, 11) is 0. The van der Waals surface area contributed by atoms with Gasteiger partial charge in [0, 0.05) is 17.4 Å². The van der Waals surface area contributed by atoms with Crippen molar-refractivity contribution in [2.24, 2.45) is 11.8 Å². The molecule has 2 fully saturated rings. The van der Waals surface area contributed by atoms with Crippen molar-refractivity contribution < 1.29 is 5.41 Å². The van der Waals surface area contributed by atoms with Crippen molar-refractivity contribution in [3.63, 3.8) is 0 Å². The minimum atomic E-state index is 0.599. The number of hydrogen-bond donors (Lipinski definition) is 3. The third-order valence-electron chi connectivity index (χ3n) is 6.68. The molecule has 0 unspecified atom stereocenters. The first-order valence-corrected chi connectivity index (χ1v) is 11.0. The van der Waals surface area contributed by atoms with Crippen LogP contribution < -0.4 is 16.5 Å². The standard InChI is InChI=1S/C23H37N3/c24-17-20-16-22(14-15-23(20)25)26-21-12-10-19(11-13-21)9-5-8-18-6-3-1-2-4-7-18/h14-19,21,24,26H,1-13,25H2/p+1. The Kier molecular flexibility index (Phi) is 7.40. The number of hydrogen-bond acceptors (Lipinski definition) is 2. The van der Waals surface area contributed by atoms with Crippen molar-refractivity contribution in [1.82, 2.24) is 0 Å². The second-order valence-electron chi connectivity index (χ2n) is 8.66. The Hall–Kier alpha value is -1.51. The minimum absolute atomic E-state index is 0.599. The van der Waals surface area contributed by atoms with Gasteiger partial charge in [0.25, 0.3) is 0 Å². The van der Waals surface area contributed by atoms with Crippen LogP contribution in [-0.4, -0.2) is 12.3 Å². The molecule has 3 heteroatoms. The van der Waals surface area contributed by atoms with Crippen LogP contribution in [0.5, 0.6) is 0 Å². The number of benzene rings is 1. The lowest BCUT2D eigenvalue weighted by Gasteiger charge is -2.30. The van der Waals surface area contributed by atoms with Crippen molar-refractivity contribution in [2.75, 3.05) is 11.1 Å². The van der Waals surface area contributed by atoms with Crippen molar-refractivity contribution >= 4 is 17.6 Å². The number of anilines is 2. The molecule has 0 amide bonds. The topological polar surface area (TPSA) is 63.6 Å². The van der Waals surface area contributed by atoms with E-state index in [0.29, 0.717) is 6.04 Å². The Balaban J connectivity index is 1.35. The molecule has 2 saturated carbocycles. The average molecular weight is 357 g/mol. The van der Waals surface area contributed by atoms with Gasteiger partial charge in [-0.3, -0.25) is 5.41 Å². The van der Waals surface area contributed by atoms with Gasteiger partial charge in [-0.05, 0) is 55.7 Å². The highest BCUT2D eigenvalue weighted by Gasteiger charge is 2.21. The van der Waals surface area contributed by atoms with Crippen LogP contribution in [0.1, 0.15) is 89.0 Å². The Bertz CT molecular complexity index is 553. The normalized spacial score (nSPS) is 24.8. The van der Waals surface area contributed by atoms with Gasteiger partial charge in [0.15, 0.2) is 6.21 Å². The van der Waals surface area contributed by atoms with E-state index in [1.165, 1.54) is 83.5 Å². The maximum Gasteiger partial charge on any atom is 0.169 e. The number of nitrogen functional groups attached to an aromatic ring is 1. The average Bonchev–Trinajstić information content (AvgIpc) is 2.93. The first kappa shape index (κ1) is 19.3. The maximum absolute atomic E-state index is 5.92. The number of nitrogens with one attached hydrogen (secondary N) is 1. The molecule has 5 N–H and O–H groups in total. The van der Waals surface area contributed by atoms with E-state index in [9.17, 15) is 0 Å². The highest BCUT2D eigenvalue weighted by atomic mass is 14.9. The zero-order chi connectivity index (χ0) is 18.2. The molecule has 0 heterocycles. The van der Waals surface area contributed by atoms with Gasteiger partial charge in [0.1, 0.15) is 0 Å². The summed E-state index contributed by atoms with van der Waals surface area (Å²) in [6, 6.07) is 6.68. The van der Waals surface area contributed by atoms with E-state index in [-0.39, 0.29) is 0 Å². The minimum Gasteiger partial charge on any atom is -0.398 e. The van der Waals surface area contributed by atoms with Gasteiger partial charge in [0.05, 0.1) is 5.56 Å². The van der Waals surface area contributed by atoms with E-state index in [1.54, 1.807) is 6.21 Å². The molecule has 1 aromatic rings. The lowest BCUT2D eigenvalue weighted by atomic mass is 9.82. The van der Waals surface area contributed by atoms with Gasteiger partial charge < -0.3 is 11.1 Å². The molecule has 0 bridgehead atoms. The number of nitrogens with two attached hydrogens (primary N) is 2. The zero-order valence-corrected chi connectivity index (χ0v) is 16.4. The molecule has 0 atom stereocenters. The summed E-state index contributed by atoms with van der Waals surface area (Å²) in [5, 5.41) is 9.33. The Morgan fingerprint density at radius 3 is 2.23 bits per heavy atom. The van der Waals surface area contributed by atoms with Crippen molar-refractivity contribution in [1.29, 1.82) is 0 Å². The first-order chi connectivity index (χ1) is 12.7. The maximum atomic E-state index is 5.92. The molecule has 3 rings (SSSR count). The van der Waals surface area contributed by atoms with Gasteiger partial charge >= 0.3 is 0 Å². The summed E-state index contributed by atoms with van der Waals surface area (Å²) in [6.45, 7) is 0. The Morgan fingerprint density at radius 2 is 1.58 bits per heavy atom. The summed E-state index contributed by atoms with van der Waals surface area (Å²) in [4.78, 5) is 0. The van der Waals surface area contributed by atoms with Gasteiger partial charge in [-0.15, -0.1) is 0 Å². The van der Waals surface area contributed by atoms with Crippen LogP contribution in [0.3, 0.4) is 0 Å². The summed E-state index contributed by atoms with van der Waals surface area (Å²) < 4.78 is 0. The lowest BCUT2D eigenvalue weighted by Crippen LogP contribution is -2.30. The molecule has 0 aliphatic heterocycles.